The fourth-order valence-corrected chi connectivity index (χ4v) is 3.21. The summed E-state index contributed by atoms with van der Waals surface area (Å²) < 4.78 is 2.65. The van der Waals surface area contributed by atoms with Crippen molar-refractivity contribution >= 4 is 5.97 Å². The summed E-state index contributed by atoms with van der Waals surface area (Å²) in [5.41, 5.74) is 0.456. The second-order valence-electron chi connectivity index (χ2n) is 6.92. The molecule has 2 aromatic rings. The van der Waals surface area contributed by atoms with Crippen LogP contribution in [0.15, 0.2) is 16.9 Å². The average molecular weight is 360 g/mol. The van der Waals surface area contributed by atoms with Crippen molar-refractivity contribution in [3.05, 3.63) is 39.8 Å². The summed E-state index contributed by atoms with van der Waals surface area (Å²) in [5, 5.41) is 17.7. The third-order valence-electron chi connectivity index (χ3n) is 4.68. The molecule has 9 heteroatoms. The number of likely N-dealkylation sites (tertiary alicyclic amines) is 1. The SMILES string of the molecule is Cc1ccc(=O)n(Cc2nc(CC3CCN(C)CC3)nn2CC(=O)O)n1. The Hall–Kier alpha value is -2.55. The zero-order chi connectivity index (χ0) is 18.7. The van der Waals surface area contributed by atoms with Gasteiger partial charge in [-0.25, -0.2) is 14.3 Å². The van der Waals surface area contributed by atoms with E-state index in [1.807, 2.05) is 0 Å². The van der Waals surface area contributed by atoms with Crippen LogP contribution < -0.4 is 5.56 Å². The van der Waals surface area contributed by atoms with Crippen LogP contribution in [0.5, 0.6) is 0 Å². The number of piperidine rings is 1. The van der Waals surface area contributed by atoms with Gasteiger partial charge < -0.3 is 10.0 Å². The standard InChI is InChI=1S/C17H24N6O3/c1-12-3-4-16(24)23(19-12)10-15-18-14(20-22(15)11-17(25)26)9-13-5-7-21(2)8-6-13/h3-4,13H,5-11H2,1-2H3,(H,25,26). The first-order valence-electron chi connectivity index (χ1n) is 8.78. The van der Waals surface area contributed by atoms with E-state index in [9.17, 15) is 9.59 Å². The van der Waals surface area contributed by atoms with E-state index in [1.54, 1.807) is 13.0 Å². The molecule has 2 aromatic heterocycles. The lowest BCUT2D eigenvalue weighted by atomic mass is 9.94. The van der Waals surface area contributed by atoms with Crippen molar-refractivity contribution in [3.8, 4) is 0 Å². The molecule has 3 heterocycles. The zero-order valence-electron chi connectivity index (χ0n) is 15.1. The molecule has 1 saturated heterocycles. The number of aromatic nitrogens is 5. The molecule has 140 valence electrons. The van der Waals surface area contributed by atoms with Crippen LogP contribution in [0.1, 0.15) is 30.2 Å². The lowest BCUT2D eigenvalue weighted by Crippen LogP contribution is -2.31. The molecule has 26 heavy (non-hydrogen) atoms. The van der Waals surface area contributed by atoms with Crippen molar-refractivity contribution in [1.29, 1.82) is 0 Å². The summed E-state index contributed by atoms with van der Waals surface area (Å²) >= 11 is 0. The van der Waals surface area contributed by atoms with Crippen LogP contribution in [0.4, 0.5) is 0 Å². The normalized spacial score (nSPS) is 16.1. The molecule has 9 nitrogen and oxygen atoms in total. The molecule has 0 atom stereocenters. The topological polar surface area (TPSA) is 106 Å². The van der Waals surface area contributed by atoms with E-state index in [-0.39, 0.29) is 18.6 Å². The smallest absolute Gasteiger partial charge is 0.325 e. The molecule has 1 N–H and O–H groups in total. The predicted molar refractivity (Wildman–Crippen MR) is 93.9 cm³/mol. The minimum Gasteiger partial charge on any atom is -0.480 e. The Balaban J connectivity index is 1.81. The number of nitrogens with zero attached hydrogens (tertiary/aromatic N) is 6. The summed E-state index contributed by atoms with van der Waals surface area (Å²) in [6.45, 7) is 3.72. The maximum atomic E-state index is 12.0. The van der Waals surface area contributed by atoms with Gasteiger partial charge in [0.25, 0.3) is 5.56 Å². The summed E-state index contributed by atoms with van der Waals surface area (Å²) in [6.07, 6.45) is 2.89. The van der Waals surface area contributed by atoms with Crippen LogP contribution in [-0.4, -0.2) is 60.7 Å². The van der Waals surface area contributed by atoms with Gasteiger partial charge in [0.1, 0.15) is 18.9 Å². The molecule has 0 bridgehead atoms. The number of aliphatic carboxylic acids is 1. The van der Waals surface area contributed by atoms with Gasteiger partial charge in [0, 0.05) is 12.5 Å². The van der Waals surface area contributed by atoms with Gasteiger partial charge in [-0.3, -0.25) is 9.59 Å². The van der Waals surface area contributed by atoms with Crippen LogP contribution in [0.3, 0.4) is 0 Å². The fourth-order valence-electron chi connectivity index (χ4n) is 3.21. The minimum absolute atomic E-state index is 0.105. The van der Waals surface area contributed by atoms with Crippen LogP contribution in [-0.2, 0) is 24.3 Å². The Kier molecular flexibility index (Phi) is 5.46. The lowest BCUT2D eigenvalue weighted by molar-refractivity contribution is -0.137. The highest BCUT2D eigenvalue weighted by Crippen LogP contribution is 2.19. The van der Waals surface area contributed by atoms with Crippen molar-refractivity contribution in [2.24, 2.45) is 5.92 Å². The molecule has 1 aliphatic heterocycles. The summed E-state index contributed by atoms with van der Waals surface area (Å²) in [6, 6.07) is 3.09. The Morgan fingerprint density at radius 3 is 2.65 bits per heavy atom. The highest BCUT2D eigenvalue weighted by Gasteiger charge is 2.21. The van der Waals surface area contributed by atoms with Crippen LogP contribution in [0, 0.1) is 12.8 Å². The van der Waals surface area contributed by atoms with Crippen LogP contribution in [0.2, 0.25) is 0 Å². The van der Waals surface area contributed by atoms with E-state index in [2.05, 4.69) is 27.1 Å². The lowest BCUT2D eigenvalue weighted by Gasteiger charge is -2.28. The van der Waals surface area contributed by atoms with Crippen molar-refractivity contribution < 1.29 is 9.90 Å². The molecular formula is C17H24N6O3. The maximum absolute atomic E-state index is 12.0. The van der Waals surface area contributed by atoms with Crippen LogP contribution >= 0.6 is 0 Å². The molecule has 0 unspecified atom stereocenters. The van der Waals surface area contributed by atoms with E-state index in [4.69, 9.17) is 5.11 Å². The molecule has 1 aliphatic rings. The number of carboxylic acids is 1. The first-order valence-corrected chi connectivity index (χ1v) is 8.78. The first kappa shape index (κ1) is 18.2. The Labute approximate surface area is 151 Å². The van der Waals surface area contributed by atoms with Gasteiger partial charge in [-0.05, 0) is 51.9 Å². The van der Waals surface area contributed by atoms with Crippen LogP contribution in [0.25, 0.3) is 0 Å². The second kappa shape index (κ2) is 7.77. The fraction of sp³-hybridized carbons (Fsp3) is 0.588. The highest BCUT2D eigenvalue weighted by atomic mass is 16.4. The number of aryl methyl sites for hydroxylation is 1. The first-order chi connectivity index (χ1) is 12.4. The van der Waals surface area contributed by atoms with Crippen molar-refractivity contribution in [2.75, 3.05) is 20.1 Å². The van der Waals surface area contributed by atoms with E-state index in [1.165, 1.54) is 15.4 Å². The molecule has 0 radical (unpaired) electrons. The third kappa shape index (κ3) is 4.54. The molecule has 0 saturated carbocycles. The minimum atomic E-state index is -0.994. The number of hydrogen-bond donors (Lipinski definition) is 1. The summed E-state index contributed by atoms with van der Waals surface area (Å²) in [7, 11) is 2.11. The monoisotopic (exact) mass is 360 g/mol. The maximum Gasteiger partial charge on any atom is 0.325 e. The van der Waals surface area contributed by atoms with E-state index in [0.717, 1.165) is 32.4 Å². The van der Waals surface area contributed by atoms with Crippen molar-refractivity contribution in [2.45, 2.75) is 39.3 Å². The van der Waals surface area contributed by atoms with Gasteiger partial charge in [0.15, 0.2) is 5.82 Å². The van der Waals surface area contributed by atoms with E-state index >= 15 is 0 Å². The quantitative estimate of drug-likeness (QED) is 0.782. The third-order valence-corrected chi connectivity index (χ3v) is 4.68. The summed E-state index contributed by atoms with van der Waals surface area (Å²) in [5.74, 6) is 0.582. The van der Waals surface area contributed by atoms with Gasteiger partial charge >= 0.3 is 5.97 Å². The number of hydrogen-bond acceptors (Lipinski definition) is 6. The molecule has 1 fully saturated rings. The van der Waals surface area contributed by atoms with Gasteiger partial charge in [-0.15, -0.1) is 0 Å². The zero-order valence-corrected chi connectivity index (χ0v) is 15.1. The Morgan fingerprint density at radius 1 is 1.23 bits per heavy atom. The Bertz CT molecular complexity index is 835. The largest absolute Gasteiger partial charge is 0.480 e. The highest BCUT2D eigenvalue weighted by molar-refractivity contribution is 5.66. The molecule has 0 aromatic carbocycles. The molecule has 3 rings (SSSR count). The number of carbonyl (C=O) groups is 1. The van der Waals surface area contributed by atoms with Gasteiger partial charge in [0.2, 0.25) is 0 Å². The van der Waals surface area contributed by atoms with E-state index in [0.29, 0.717) is 23.3 Å². The van der Waals surface area contributed by atoms with Gasteiger partial charge in [0.05, 0.1) is 5.69 Å². The molecule has 0 amide bonds. The average Bonchev–Trinajstić information content (AvgIpc) is 2.93. The molecule has 0 aliphatic carbocycles. The van der Waals surface area contributed by atoms with Gasteiger partial charge in [-0.2, -0.15) is 10.2 Å². The summed E-state index contributed by atoms with van der Waals surface area (Å²) in [4.78, 5) is 30.0. The van der Waals surface area contributed by atoms with Crippen molar-refractivity contribution in [3.63, 3.8) is 0 Å². The van der Waals surface area contributed by atoms with E-state index < -0.39 is 5.97 Å². The Morgan fingerprint density at radius 2 is 1.96 bits per heavy atom. The second-order valence-corrected chi connectivity index (χ2v) is 6.92. The number of carboxylic acid groups (broad SMARTS) is 1. The van der Waals surface area contributed by atoms with Gasteiger partial charge in [-0.1, -0.05) is 0 Å². The number of rotatable bonds is 6. The van der Waals surface area contributed by atoms with Crippen molar-refractivity contribution in [1.82, 2.24) is 29.4 Å². The molecular weight excluding hydrogens is 336 g/mol. The predicted octanol–water partition coefficient (Wildman–Crippen LogP) is 0.160. The molecule has 0 spiro atoms.